The molecule has 1 N–H and O–H groups in total. The largest absolute Gasteiger partial charge is 0.469 e. The van der Waals surface area contributed by atoms with E-state index in [-0.39, 0.29) is 39.2 Å². The van der Waals surface area contributed by atoms with Crippen molar-refractivity contribution in [3.05, 3.63) is 70.5 Å². The van der Waals surface area contributed by atoms with E-state index in [9.17, 15) is 9.18 Å². The number of hydrazone groups is 1. The van der Waals surface area contributed by atoms with Gasteiger partial charge in [0.2, 0.25) is 5.78 Å². The van der Waals surface area contributed by atoms with Gasteiger partial charge < -0.3 is 20.7 Å². The van der Waals surface area contributed by atoms with Crippen molar-refractivity contribution in [1.82, 2.24) is 24.7 Å². The Bertz CT molecular complexity index is 1060. The minimum atomic E-state index is -0.514. The summed E-state index contributed by atoms with van der Waals surface area (Å²) < 4.78 is 16.3. The number of imidazole rings is 1. The van der Waals surface area contributed by atoms with Gasteiger partial charge in [-0.15, -0.1) is 0 Å². The summed E-state index contributed by atoms with van der Waals surface area (Å²) in [7, 11) is 0. The first-order valence-corrected chi connectivity index (χ1v) is 9.74. The van der Waals surface area contributed by atoms with Crippen molar-refractivity contribution in [3.8, 4) is 0 Å². The molecule has 1 amide bonds. The van der Waals surface area contributed by atoms with E-state index in [0.717, 1.165) is 5.56 Å². The maximum Gasteiger partial charge on any atom is 0.270 e. The van der Waals surface area contributed by atoms with E-state index < -0.39 is 5.83 Å². The van der Waals surface area contributed by atoms with Crippen LogP contribution in [0.15, 0.2) is 53.3 Å². The minimum Gasteiger partial charge on any atom is -0.469 e. The van der Waals surface area contributed by atoms with Crippen LogP contribution in [-0.4, -0.2) is 51.3 Å². The molecule has 0 fully saturated rings. The molecule has 168 valence electrons. The zero-order chi connectivity index (χ0) is 21.7. The molecule has 10 heteroatoms. The average molecular weight is 606 g/mol. The maximum atomic E-state index is 14.6. The van der Waals surface area contributed by atoms with E-state index in [1.165, 1.54) is 17.4 Å². The first-order valence-electron chi connectivity index (χ1n) is 9.74. The molecule has 0 aliphatic carbocycles. The number of aryl methyl sites for hydroxylation is 2. The van der Waals surface area contributed by atoms with Gasteiger partial charge in [0.25, 0.3) is 5.91 Å². The number of nitrogens with zero attached hydrogens (tertiary/aromatic N) is 6. The summed E-state index contributed by atoms with van der Waals surface area (Å²) >= 11 is 0. The number of halogens is 1. The van der Waals surface area contributed by atoms with Crippen molar-refractivity contribution in [3.63, 3.8) is 0 Å². The van der Waals surface area contributed by atoms with Gasteiger partial charge >= 0.3 is 0 Å². The summed E-state index contributed by atoms with van der Waals surface area (Å²) in [5.74, 6) is -0.328. The maximum absolute atomic E-state index is 14.6. The fraction of sp³-hybridized carbons (Fsp3) is 0.333. The van der Waals surface area contributed by atoms with Gasteiger partial charge in [-0.3, -0.25) is 9.20 Å². The Kier molecular flexibility index (Phi) is 8.68. The quantitative estimate of drug-likeness (QED) is 0.491. The third-order valence-electron chi connectivity index (χ3n) is 4.67. The molecule has 0 saturated heterocycles. The number of fused-ring (bicyclic) bond motifs is 1. The van der Waals surface area contributed by atoms with E-state index in [0.29, 0.717) is 42.2 Å². The summed E-state index contributed by atoms with van der Waals surface area (Å²) in [5.41, 5.74) is 2.79. The van der Waals surface area contributed by atoms with Gasteiger partial charge in [0.05, 0.1) is 11.4 Å². The zero-order valence-corrected chi connectivity index (χ0v) is 20.0. The van der Waals surface area contributed by atoms with Crippen LogP contribution in [0.2, 0.25) is 0 Å². The van der Waals surface area contributed by atoms with Crippen molar-refractivity contribution < 1.29 is 30.3 Å². The van der Waals surface area contributed by atoms with Gasteiger partial charge in [-0.1, -0.05) is 25.9 Å². The first-order chi connectivity index (χ1) is 14.4. The minimum absolute atomic E-state index is 0. The Morgan fingerprint density at radius 3 is 2.87 bits per heavy atom. The molecule has 2 aromatic rings. The molecule has 0 aromatic carbocycles. The Labute approximate surface area is 195 Å². The number of aromatic nitrogens is 3. The van der Waals surface area contributed by atoms with E-state index in [1.54, 1.807) is 23.6 Å². The van der Waals surface area contributed by atoms with Crippen molar-refractivity contribution in [2.75, 3.05) is 19.6 Å². The zero-order valence-electron chi connectivity index (χ0n) is 17.7. The smallest absolute Gasteiger partial charge is 0.270 e. The van der Waals surface area contributed by atoms with E-state index in [4.69, 9.17) is 0 Å². The predicted octanol–water partition coefficient (Wildman–Crippen LogP) is 3.27. The van der Waals surface area contributed by atoms with Crippen LogP contribution in [0, 0.1) is 6.92 Å². The number of nitrogens with one attached hydrogen (secondary N) is 1. The number of rotatable bonds is 7. The summed E-state index contributed by atoms with van der Waals surface area (Å²) in [4.78, 5) is 21.6. The Hall–Kier alpha value is -2.80. The Morgan fingerprint density at radius 1 is 1.45 bits per heavy atom. The van der Waals surface area contributed by atoms with E-state index in [2.05, 4.69) is 32.3 Å². The molecule has 3 heterocycles. The number of carbonyl (C=O) groups excluding carboxylic acids is 1. The average Bonchev–Trinajstić information content (AvgIpc) is 3.14. The second kappa shape index (κ2) is 11.0. The third kappa shape index (κ3) is 5.67. The summed E-state index contributed by atoms with van der Waals surface area (Å²) in [6.07, 6.45) is 8.61. The van der Waals surface area contributed by atoms with Crippen LogP contribution >= 0.6 is 0 Å². The number of amides is 1. The second-order valence-electron chi connectivity index (χ2n) is 6.81. The van der Waals surface area contributed by atoms with Crippen molar-refractivity contribution >= 4 is 18.0 Å². The standard InChI is InChI=1S/C21H26FN7O.Pt/c1-5-16(9-17(22)15(4)29-8-7-23-13-26-29)11-24-20(30)19-18(6-2)27-21-25-10-14(3)12-28(19)21;/h5,9-10,12-13H,4,6-8,11H2,1-3H3,(H2,23,24,26,30);/p-1/b16-5+,17-9+;. The molecular formula is C21H25FN7OPt-. The van der Waals surface area contributed by atoms with Crippen LogP contribution in [0.5, 0.6) is 0 Å². The molecule has 3 rings (SSSR count). The summed E-state index contributed by atoms with van der Waals surface area (Å²) in [6, 6.07) is 0. The molecule has 2 aromatic heterocycles. The normalized spacial score (nSPS) is 14.3. The summed E-state index contributed by atoms with van der Waals surface area (Å²) in [5, 5.41) is 12.3. The van der Waals surface area contributed by atoms with Crippen LogP contribution < -0.4 is 5.32 Å². The van der Waals surface area contributed by atoms with Gasteiger partial charge in [-0.2, -0.15) is 0 Å². The molecule has 1 aliphatic heterocycles. The number of allylic oxidation sites excluding steroid dienone is 2. The summed E-state index contributed by atoms with van der Waals surface area (Å²) in [6.45, 7) is 10.5. The molecule has 8 nitrogen and oxygen atoms in total. The third-order valence-corrected chi connectivity index (χ3v) is 4.67. The van der Waals surface area contributed by atoms with Gasteiger partial charge in [0.15, 0.2) is 0 Å². The van der Waals surface area contributed by atoms with Crippen LogP contribution in [0.3, 0.4) is 0 Å². The number of carbonyl (C=O) groups is 1. The molecular weight excluding hydrogens is 580 g/mol. The van der Waals surface area contributed by atoms with Crippen LogP contribution in [0.1, 0.15) is 35.6 Å². The van der Waals surface area contributed by atoms with Crippen LogP contribution in [0.25, 0.3) is 11.1 Å². The molecule has 0 saturated carbocycles. The van der Waals surface area contributed by atoms with Gasteiger partial charge in [0, 0.05) is 46.5 Å². The molecule has 0 spiro atoms. The molecule has 31 heavy (non-hydrogen) atoms. The Balaban J connectivity index is 0.00000341. The molecule has 0 bridgehead atoms. The van der Waals surface area contributed by atoms with Crippen molar-refractivity contribution in [2.45, 2.75) is 27.2 Å². The molecule has 0 radical (unpaired) electrons. The van der Waals surface area contributed by atoms with Gasteiger partial charge in [-0.25, -0.2) is 14.4 Å². The molecule has 1 aliphatic rings. The predicted molar refractivity (Wildman–Crippen MR) is 115 cm³/mol. The number of hydrogen-bond donors (Lipinski definition) is 1. The molecule has 0 unspecified atom stereocenters. The fourth-order valence-electron chi connectivity index (χ4n) is 3.01. The van der Waals surface area contributed by atoms with Crippen molar-refractivity contribution in [1.29, 1.82) is 0 Å². The number of hydrogen-bond acceptors (Lipinski definition) is 5. The monoisotopic (exact) mass is 605 g/mol. The topological polar surface area (TPSA) is 89.0 Å². The first kappa shape index (κ1) is 24.5. The fourth-order valence-corrected chi connectivity index (χ4v) is 3.01. The van der Waals surface area contributed by atoms with Gasteiger partial charge in [-0.05, 0) is 44.0 Å². The van der Waals surface area contributed by atoms with Gasteiger partial charge in [0.1, 0.15) is 11.5 Å². The van der Waals surface area contributed by atoms with Crippen molar-refractivity contribution in [2.24, 2.45) is 5.10 Å². The van der Waals surface area contributed by atoms with E-state index in [1.807, 2.05) is 20.0 Å². The molecule has 0 atom stereocenters. The SMILES string of the molecule is C=C(/C(F)=C\C(=C/C)CNC(=O)c1c(CC)nc2ncc(C)cn12)N1CC[N-]C=N1.[Pt]. The van der Waals surface area contributed by atoms with Crippen LogP contribution in [0.4, 0.5) is 4.39 Å². The Morgan fingerprint density at radius 2 is 2.23 bits per heavy atom. The van der Waals surface area contributed by atoms with Crippen LogP contribution in [-0.2, 0) is 27.5 Å². The van der Waals surface area contributed by atoms with E-state index >= 15 is 0 Å². The second-order valence-corrected chi connectivity index (χ2v) is 6.81.